The standard InChI is InChI=1S/C15H17N3O4/c1-10-7-15(16-8-12(10)18(20)21)17-9-13(19)11-5-3-4-6-14(11)22-2/h3-8,13,19H,9H2,1-2H3,(H,16,17)/t13-/m0/s1. The van der Waals surface area contributed by atoms with Crippen molar-refractivity contribution < 1.29 is 14.8 Å². The van der Waals surface area contributed by atoms with Crippen LogP contribution in [0.1, 0.15) is 17.2 Å². The van der Waals surface area contributed by atoms with Gasteiger partial charge in [0.1, 0.15) is 17.8 Å². The van der Waals surface area contributed by atoms with E-state index in [-0.39, 0.29) is 12.2 Å². The molecule has 1 atom stereocenters. The number of hydrogen-bond donors (Lipinski definition) is 2. The summed E-state index contributed by atoms with van der Waals surface area (Å²) in [5.74, 6) is 1.07. The van der Waals surface area contributed by atoms with E-state index >= 15 is 0 Å². The average molecular weight is 303 g/mol. The molecule has 2 aromatic rings. The van der Waals surface area contributed by atoms with E-state index in [4.69, 9.17) is 4.74 Å². The van der Waals surface area contributed by atoms with Crippen molar-refractivity contribution in [2.75, 3.05) is 19.0 Å². The summed E-state index contributed by atoms with van der Waals surface area (Å²) in [7, 11) is 1.54. The lowest BCUT2D eigenvalue weighted by Gasteiger charge is -2.15. The molecule has 0 amide bonds. The number of rotatable bonds is 6. The smallest absolute Gasteiger partial charge is 0.290 e. The van der Waals surface area contributed by atoms with Crippen molar-refractivity contribution in [3.63, 3.8) is 0 Å². The predicted molar refractivity (Wildman–Crippen MR) is 82.1 cm³/mol. The lowest BCUT2D eigenvalue weighted by atomic mass is 10.1. The van der Waals surface area contributed by atoms with Crippen molar-refractivity contribution in [1.82, 2.24) is 4.98 Å². The first-order valence-electron chi connectivity index (χ1n) is 6.68. The lowest BCUT2D eigenvalue weighted by Crippen LogP contribution is -2.14. The van der Waals surface area contributed by atoms with E-state index in [1.54, 1.807) is 32.2 Å². The number of nitro groups is 1. The first kappa shape index (κ1) is 15.7. The van der Waals surface area contributed by atoms with Crippen molar-refractivity contribution in [2.24, 2.45) is 0 Å². The first-order chi connectivity index (χ1) is 10.5. The second kappa shape index (κ2) is 6.86. The van der Waals surface area contributed by atoms with Crippen LogP contribution in [0, 0.1) is 17.0 Å². The zero-order chi connectivity index (χ0) is 16.1. The Hall–Kier alpha value is -2.67. The molecule has 116 valence electrons. The highest BCUT2D eigenvalue weighted by atomic mass is 16.6. The summed E-state index contributed by atoms with van der Waals surface area (Å²) >= 11 is 0. The molecule has 7 heteroatoms. The van der Waals surface area contributed by atoms with Crippen molar-refractivity contribution in [1.29, 1.82) is 0 Å². The topological polar surface area (TPSA) is 97.5 Å². The Bertz CT molecular complexity index is 676. The highest BCUT2D eigenvalue weighted by Gasteiger charge is 2.14. The first-order valence-corrected chi connectivity index (χ1v) is 6.68. The van der Waals surface area contributed by atoms with E-state index in [0.29, 0.717) is 22.7 Å². The number of aliphatic hydroxyl groups excluding tert-OH is 1. The van der Waals surface area contributed by atoms with Gasteiger partial charge in [-0.05, 0) is 19.1 Å². The maximum atomic E-state index is 10.7. The molecule has 0 spiro atoms. The number of aryl methyl sites for hydroxylation is 1. The lowest BCUT2D eigenvalue weighted by molar-refractivity contribution is -0.385. The molecule has 0 unspecified atom stereocenters. The predicted octanol–water partition coefficient (Wildman–Crippen LogP) is 2.45. The minimum Gasteiger partial charge on any atom is -0.496 e. The van der Waals surface area contributed by atoms with Gasteiger partial charge in [0.2, 0.25) is 0 Å². The van der Waals surface area contributed by atoms with Crippen LogP contribution in [0.15, 0.2) is 36.5 Å². The molecule has 0 aliphatic carbocycles. The molecule has 1 heterocycles. The van der Waals surface area contributed by atoms with Crippen molar-refractivity contribution in [3.8, 4) is 5.75 Å². The number of ether oxygens (including phenoxy) is 1. The third kappa shape index (κ3) is 3.50. The normalized spacial score (nSPS) is 11.8. The summed E-state index contributed by atoms with van der Waals surface area (Å²) in [6, 6.07) is 8.76. The van der Waals surface area contributed by atoms with Gasteiger partial charge in [-0.25, -0.2) is 4.98 Å². The molecule has 0 fully saturated rings. The van der Waals surface area contributed by atoms with Gasteiger partial charge >= 0.3 is 0 Å². The van der Waals surface area contributed by atoms with Crippen LogP contribution in [0.25, 0.3) is 0 Å². The molecule has 2 N–H and O–H groups in total. The molecule has 0 bridgehead atoms. The molecular weight excluding hydrogens is 286 g/mol. The van der Waals surface area contributed by atoms with E-state index in [1.807, 2.05) is 12.1 Å². The number of aliphatic hydroxyl groups is 1. The highest BCUT2D eigenvalue weighted by Crippen LogP contribution is 2.25. The maximum absolute atomic E-state index is 10.7. The molecule has 0 saturated heterocycles. The van der Waals surface area contributed by atoms with E-state index in [2.05, 4.69) is 10.3 Å². The second-order valence-electron chi connectivity index (χ2n) is 4.75. The summed E-state index contributed by atoms with van der Waals surface area (Å²) in [6.45, 7) is 1.85. The van der Waals surface area contributed by atoms with Crippen LogP contribution in [-0.2, 0) is 0 Å². The third-order valence-corrected chi connectivity index (χ3v) is 3.25. The SMILES string of the molecule is COc1ccccc1[C@@H](O)CNc1cc(C)c([N+](=O)[O-])cn1. The summed E-state index contributed by atoms with van der Waals surface area (Å²) in [4.78, 5) is 14.2. The number of para-hydroxylation sites is 1. The summed E-state index contributed by atoms with van der Waals surface area (Å²) in [6.07, 6.45) is 0.418. The summed E-state index contributed by atoms with van der Waals surface area (Å²) in [5.41, 5.74) is 1.14. The molecule has 7 nitrogen and oxygen atoms in total. The van der Waals surface area contributed by atoms with Crippen LogP contribution in [-0.4, -0.2) is 28.7 Å². The zero-order valence-corrected chi connectivity index (χ0v) is 12.3. The van der Waals surface area contributed by atoms with E-state index < -0.39 is 11.0 Å². The molecule has 0 aliphatic heterocycles. The monoisotopic (exact) mass is 303 g/mol. The quantitative estimate of drug-likeness (QED) is 0.628. The number of nitrogens with zero attached hydrogens (tertiary/aromatic N) is 2. The molecule has 1 aromatic heterocycles. The van der Waals surface area contributed by atoms with Crippen molar-refractivity contribution >= 4 is 11.5 Å². The van der Waals surface area contributed by atoms with Gasteiger partial charge in [0.05, 0.1) is 18.1 Å². The van der Waals surface area contributed by atoms with Gasteiger partial charge < -0.3 is 15.2 Å². The molecular formula is C15H17N3O4. The van der Waals surface area contributed by atoms with Gasteiger partial charge in [0.15, 0.2) is 0 Å². The number of anilines is 1. The Morgan fingerprint density at radius 1 is 1.45 bits per heavy atom. The number of aromatic nitrogens is 1. The van der Waals surface area contributed by atoms with Crippen LogP contribution in [0.4, 0.5) is 11.5 Å². The molecule has 0 saturated carbocycles. The molecule has 0 radical (unpaired) electrons. The second-order valence-corrected chi connectivity index (χ2v) is 4.75. The number of benzene rings is 1. The van der Waals surface area contributed by atoms with Crippen molar-refractivity contribution in [3.05, 3.63) is 57.8 Å². The third-order valence-electron chi connectivity index (χ3n) is 3.25. The van der Waals surface area contributed by atoms with E-state index in [0.717, 1.165) is 0 Å². The Morgan fingerprint density at radius 3 is 2.82 bits per heavy atom. The van der Waals surface area contributed by atoms with Gasteiger partial charge in [-0.1, -0.05) is 18.2 Å². The number of nitrogens with one attached hydrogen (secondary N) is 1. The molecule has 2 rings (SSSR count). The molecule has 0 aliphatic rings. The number of hydrogen-bond acceptors (Lipinski definition) is 6. The van der Waals surface area contributed by atoms with Gasteiger partial charge in [-0.15, -0.1) is 0 Å². The van der Waals surface area contributed by atoms with Crippen LogP contribution in [0.5, 0.6) is 5.75 Å². The fraction of sp³-hybridized carbons (Fsp3) is 0.267. The van der Waals surface area contributed by atoms with E-state index in [9.17, 15) is 15.2 Å². The Kier molecular flexibility index (Phi) is 4.90. The van der Waals surface area contributed by atoms with Crippen LogP contribution in [0.2, 0.25) is 0 Å². The van der Waals surface area contributed by atoms with Crippen molar-refractivity contribution in [2.45, 2.75) is 13.0 Å². The Labute approximate surface area is 127 Å². The Morgan fingerprint density at radius 2 is 2.18 bits per heavy atom. The molecule has 22 heavy (non-hydrogen) atoms. The minimum absolute atomic E-state index is 0.0316. The largest absolute Gasteiger partial charge is 0.496 e. The van der Waals surface area contributed by atoms with Gasteiger partial charge in [-0.2, -0.15) is 0 Å². The van der Waals surface area contributed by atoms with Gasteiger partial charge in [0, 0.05) is 17.7 Å². The fourth-order valence-corrected chi connectivity index (χ4v) is 2.09. The highest BCUT2D eigenvalue weighted by molar-refractivity contribution is 5.47. The summed E-state index contributed by atoms with van der Waals surface area (Å²) in [5, 5.41) is 23.9. The number of methoxy groups -OCH3 is 1. The Balaban J connectivity index is 2.06. The van der Waals surface area contributed by atoms with Crippen LogP contribution in [0.3, 0.4) is 0 Å². The minimum atomic E-state index is -0.784. The maximum Gasteiger partial charge on any atom is 0.290 e. The van der Waals surface area contributed by atoms with Crippen LogP contribution >= 0.6 is 0 Å². The zero-order valence-electron chi connectivity index (χ0n) is 12.3. The van der Waals surface area contributed by atoms with Gasteiger partial charge in [-0.3, -0.25) is 10.1 Å². The van der Waals surface area contributed by atoms with Crippen LogP contribution < -0.4 is 10.1 Å². The fourth-order valence-electron chi connectivity index (χ4n) is 2.09. The van der Waals surface area contributed by atoms with E-state index in [1.165, 1.54) is 6.20 Å². The molecule has 1 aromatic carbocycles. The van der Waals surface area contributed by atoms with Gasteiger partial charge in [0.25, 0.3) is 5.69 Å². The number of pyridine rings is 1. The average Bonchev–Trinajstić information content (AvgIpc) is 2.52. The summed E-state index contributed by atoms with van der Waals surface area (Å²) < 4.78 is 5.20.